The van der Waals surface area contributed by atoms with Crippen molar-refractivity contribution in [3.05, 3.63) is 0 Å². The maximum absolute atomic E-state index is 12.0. The summed E-state index contributed by atoms with van der Waals surface area (Å²) in [7, 11) is 0. The van der Waals surface area contributed by atoms with Crippen molar-refractivity contribution in [3.63, 3.8) is 0 Å². The molecule has 0 spiro atoms. The lowest BCUT2D eigenvalue weighted by atomic mass is 9.84. The third-order valence-corrected chi connectivity index (χ3v) is 3.19. The highest BCUT2D eigenvalue weighted by Gasteiger charge is 2.29. The first kappa shape index (κ1) is 15.9. The second-order valence-electron chi connectivity index (χ2n) is 6.01. The minimum atomic E-state index is -0.903. The first-order valence-corrected chi connectivity index (χ1v) is 6.61. The summed E-state index contributed by atoms with van der Waals surface area (Å²) < 4.78 is 5.28. The molecule has 1 rings (SSSR count). The molecule has 110 valence electrons. The highest BCUT2D eigenvalue weighted by Crippen LogP contribution is 2.22. The second kappa shape index (κ2) is 6.86. The highest BCUT2D eigenvalue weighted by atomic mass is 16.5. The summed E-state index contributed by atoms with van der Waals surface area (Å²) in [6.45, 7) is 7.69. The molecule has 1 amide bonds. The van der Waals surface area contributed by atoms with E-state index in [1.165, 1.54) is 0 Å². The van der Waals surface area contributed by atoms with Crippen molar-refractivity contribution >= 4 is 11.9 Å². The van der Waals surface area contributed by atoms with E-state index < -0.39 is 5.97 Å². The maximum atomic E-state index is 12.0. The summed E-state index contributed by atoms with van der Waals surface area (Å²) >= 11 is 0. The van der Waals surface area contributed by atoms with Gasteiger partial charge in [0.2, 0.25) is 5.91 Å². The van der Waals surface area contributed by atoms with Crippen molar-refractivity contribution in [2.75, 3.05) is 19.8 Å². The van der Waals surface area contributed by atoms with Crippen LogP contribution < -0.4 is 10.6 Å². The molecule has 3 N–H and O–H groups in total. The minimum Gasteiger partial charge on any atom is -0.481 e. The van der Waals surface area contributed by atoms with Gasteiger partial charge in [0.05, 0.1) is 19.6 Å². The number of hydrogen-bond donors (Lipinski definition) is 3. The van der Waals surface area contributed by atoms with Gasteiger partial charge in [-0.3, -0.25) is 9.59 Å². The second-order valence-corrected chi connectivity index (χ2v) is 6.01. The normalized spacial score (nSPS) is 21.7. The third kappa shape index (κ3) is 6.02. The molecule has 6 nitrogen and oxygen atoms in total. The fourth-order valence-corrected chi connectivity index (χ4v) is 1.98. The number of nitrogens with one attached hydrogen (secondary N) is 2. The molecule has 6 heteroatoms. The summed E-state index contributed by atoms with van der Waals surface area (Å²) in [4.78, 5) is 22.8. The van der Waals surface area contributed by atoms with Crippen LogP contribution in [0.4, 0.5) is 0 Å². The van der Waals surface area contributed by atoms with E-state index in [1.807, 2.05) is 20.8 Å². The van der Waals surface area contributed by atoms with Crippen LogP contribution in [0, 0.1) is 5.41 Å². The number of hydrogen-bond acceptors (Lipinski definition) is 4. The number of carbonyl (C=O) groups is 2. The number of morpholine rings is 1. The molecule has 1 saturated heterocycles. The van der Waals surface area contributed by atoms with Crippen LogP contribution in [0.5, 0.6) is 0 Å². The first-order valence-electron chi connectivity index (χ1n) is 6.61. The van der Waals surface area contributed by atoms with Crippen LogP contribution in [0.3, 0.4) is 0 Å². The predicted octanol–water partition coefficient (Wildman–Crippen LogP) is 0.371. The molecule has 0 saturated carbocycles. The standard InChI is InChI=1S/C13H24N2O4/c1-13(2,3)10(7-12(17)18)15-11(16)6-9-8-19-5-4-14-9/h9-10,14H,4-8H2,1-3H3,(H,15,16)(H,17,18). The van der Waals surface area contributed by atoms with Crippen LogP contribution in [0.1, 0.15) is 33.6 Å². The molecular weight excluding hydrogens is 248 g/mol. The van der Waals surface area contributed by atoms with E-state index in [4.69, 9.17) is 9.84 Å². The molecule has 0 bridgehead atoms. The van der Waals surface area contributed by atoms with E-state index in [0.717, 1.165) is 6.54 Å². The summed E-state index contributed by atoms with van der Waals surface area (Å²) in [5.41, 5.74) is -0.287. The van der Waals surface area contributed by atoms with Crippen molar-refractivity contribution in [3.8, 4) is 0 Å². The van der Waals surface area contributed by atoms with E-state index in [1.54, 1.807) is 0 Å². The summed E-state index contributed by atoms with van der Waals surface area (Å²) in [6, 6.07) is -0.360. The molecule has 2 atom stereocenters. The Morgan fingerprint density at radius 2 is 2.16 bits per heavy atom. The van der Waals surface area contributed by atoms with Gasteiger partial charge in [0, 0.05) is 25.0 Å². The number of aliphatic carboxylic acids is 1. The van der Waals surface area contributed by atoms with Crippen molar-refractivity contribution in [1.82, 2.24) is 10.6 Å². The van der Waals surface area contributed by atoms with Crippen LogP contribution in [-0.4, -0.2) is 48.8 Å². The van der Waals surface area contributed by atoms with Gasteiger partial charge in [-0.25, -0.2) is 0 Å². The van der Waals surface area contributed by atoms with E-state index in [0.29, 0.717) is 19.6 Å². The van der Waals surface area contributed by atoms with Crippen LogP contribution in [0.25, 0.3) is 0 Å². The van der Waals surface area contributed by atoms with Gasteiger partial charge in [-0.15, -0.1) is 0 Å². The van der Waals surface area contributed by atoms with E-state index >= 15 is 0 Å². The van der Waals surface area contributed by atoms with Gasteiger partial charge in [0.15, 0.2) is 0 Å². The van der Waals surface area contributed by atoms with Gasteiger partial charge in [0.25, 0.3) is 0 Å². The monoisotopic (exact) mass is 272 g/mol. The van der Waals surface area contributed by atoms with Gasteiger partial charge in [0.1, 0.15) is 0 Å². The van der Waals surface area contributed by atoms with Crippen molar-refractivity contribution < 1.29 is 19.4 Å². The Morgan fingerprint density at radius 3 is 2.63 bits per heavy atom. The maximum Gasteiger partial charge on any atom is 0.305 e. The van der Waals surface area contributed by atoms with Crippen LogP contribution >= 0.6 is 0 Å². The fraction of sp³-hybridized carbons (Fsp3) is 0.846. The molecule has 0 aromatic rings. The van der Waals surface area contributed by atoms with Gasteiger partial charge >= 0.3 is 5.97 Å². The van der Waals surface area contributed by atoms with Gasteiger partial charge in [-0.1, -0.05) is 20.8 Å². The van der Waals surface area contributed by atoms with E-state index in [-0.39, 0.29) is 29.8 Å². The molecule has 0 radical (unpaired) electrons. The molecule has 0 aromatic carbocycles. The van der Waals surface area contributed by atoms with Crippen molar-refractivity contribution in [1.29, 1.82) is 0 Å². The zero-order valence-electron chi connectivity index (χ0n) is 11.9. The number of amides is 1. The lowest BCUT2D eigenvalue weighted by molar-refractivity contribution is -0.138. The zero-order chi connectivity index (χ0) is 14.5. The lowest BCUT2D eigenvalue weighted by Gasteiger charge is -2.31. The van der Waals surface area contributed by atoms with E-state index in [2.05, 4.69) is 10.6 Å². The Kier molecular flexibility index (Phi) is 5.75. The van der Waals surface area contributed by atoms with Gasteiger partial charge in [-0.2, -0.15) is 0 Å². The summed E-state index contributed by atoms with van der Waals surface area (Å²) in [5.74, 6) is -1.04. The number of rotatable bonds is 5. The molecule has 2 unspecified atom stereocenters. The average Bonchev–Trinajstić information content (AvgIpc) is 2.27. The molecule has 1 fully saturated rings. The Balaban J connectivity index is 2.48. The topological polar surface area (TPSA) is 87.7 Å². The summed E-state index contributed by atoms with van der Waals surface area (Å²) in [5, 5.41) is 14.9. The predicted molar refractivity (Wildman–Crippen MR) is 70.9 cm³/mol. The van der Waals surface area contributed by atoms with Crippen LogP contribution in [0.2, 0.25) is 0 Å². The Labute approximate surface area is 113 Å². The number of carboxylic acid groups (broad SMARTS) is 1. The SMILES string of the molecule is CC(C)(C)C(CC(=O)O)NC(=O)CC1COCCN1. The van der Waals surface area contributed by atoms with Crippen molar-refractivity contribution in [2.24, 2.45) is 5.41 Å². The minimum absolute atomic E-state index is 0.0131. The van der Waals surface area contributed by atoms with Gasteiger partial charge < -0.3 is 20.5 Å². The van der Waals surface area contributed by atoms with Crippen LogP contribution in [-0.2, 0) is 14.3 Å². The molecule has 1 heterocycles. The largest absolute Gasteiger partial charge is 0.481 e. The highest BCUT2D eigenvalue weighted by molar-refractivity contribution is 5.78. The zero-order valence-corrected chi connectivity index (χ0v) is 11.9. The van der Waals surface area contributed by atoms with Crippen molar-refractivity contribution in [2.45, 2.75) is 45.7 Å². The Hall–Kier alpha value is -1.14. The summed E-state index contributed by atoms with van der Waals surface area (Å²) in [6.07, 6.45) is 0.246. The third-order valence-electron chi connectivity index (χ3n) is 3.19. The molecule has 19 heavy (non-hydrogen) atoms. The molecule has 1 aliphatic heterocycles. The molecular formula is C13H24N2O4. The first-order chi connectivity index (χ1) is 8.79. The quantitative estimate of drug-likeness (QED) is 0.673. The molecule has 0 aromatic heterocycles. The average molecular weight is 272 g/mol. The fourth-order valence-electron chi connectivity index (χ4n) is 1.98. The molecule has 1 aliphatic rings. The van der Waals surface area contributed by atoms with Crippen LogP contribution in [0.15, 0.2) is 0 Å². The molecule has 0 aliphatic carbocycles. The van der Waals surface area contributed by atoms with E-state index in [9.17, 15) is 9.59 Å². The number of ether oxygens (including phenoxy) is 1. The smallest absolute Gasteiger partial charge is 0.305 e. The Bertz CT molecular complexity index is 319. The lowest BCUT2D eigenvalue weighted by Crippen LogP contribution is -2.49. The van der Waals surface area contributed by atoms with Gasteiger partial charge in [-0.05, 0) is 5.41 Å². The Morgan fingerprint density at radius 1 is 1.47 bits per heavy atom. The number of carbonyl (C=O) groups excluding carboxylic acids is 1. The number of carboxylic acids is 1.